The van der Waals surface area contributed by atoms with Crippen molar-refractivity contribution in [3.05, 3.63) is 35.4 Å². The van der Waals surface area contributed by atoms with E-state index in [2.05, 4.69) is 29.7 Å². The summed E-state index contributed by atoms with van der Waals surface area (Å²) in [7, 11) is 0. The molecule has 1 heterocycles. The van der Waals surface area contributed by atoms with Crippen molar-refractivity contribution in [3.63, 3.8) is 0 Å². The molecular formula is C16H24N2O. The van der Waals surface area contributed by atoms with Crippen LogP contribution in [0.3, 0.4) is 0 Å². The third-order valence-corrected chi connectivity index (χ3v) is 3.97. The van der Waals surface area contributed by atoms with Gasteiger partial charge in [0.1, 0.15) is 0 Å². The van der Waals surface area contributed by atoms with Crippen molar-refractivity contribution in [3.8, 4) is 0 Å². The largest absolute Gasteiger partial charge is 0.351 e. The number of hydrogen-bond acceptors (Lipinski definition) is 2. The molecule has 0 saturated carbocycles. The maximum Gasteiger partial charge on any atom is 0.230 e. The highest BCUT2D eigenvalue weighted by atomic mass is 16.2. The number of piperidine rings is 1. The van der Waals surface area contributed by atoms with Crippen LogP contribution >= 0.6 is 0 Å². The summed E-state index contributed by atoms with van der Waals surface area (Å²) in [5.41, 5.74) is 1.81. The molecule has 1 amide bonds. The van der Waals surface area contributed by atoms with Crippen LogP contribution < -0.4 is 10.6 Å². The lowest BCUT2D eigenvalue weighted by atomic mass is 9.83. The lowest BCUT2D eigenvalue weighted by Gasteiger charge is -2.30. The summed E-state index contributed by atoms with van der Waals surface area (Å²) in [4.78, 5) is 12.5. The Hall–Kier alpha value is -1.35. The van der Waals surface area contributed by atoms with Gasteiger partial charge in [0.05, 0.1) is 5.41 Å². The Balaban J connectivity index is 2.05. The number of benzene rings is 1. The van der Waals surface area contributed by atoms with Crippen molar-refractivity contribution >= 4 is 5.91 Å². The molecule has 2 N–H and O–H groups in total. The molecule has 1 atom stereocenters. The molecule has 3 nitrogen and oxygen atoms in total. The van der Waals surface area contributed by atoms with Gasteiger partial charge in [0.25, 0.3) is 0 Å². The van der Waals surface area contributed by atoms with Gasteiger partial charge in [-0.15, -0.1) is 0 Å². The molecule has 1 saturated heterocycles. The average molecular weight is 260 g/mol. The number of carbonyl (C=O) groups excluding carboxylic acids is 1. The van der Waals surface area contributed by atoms with Crippen molar-refractivity contribution in [1.29, 1.82) is 0 Å². The lowest BCUT2D eigenvalue weighted by molar-refractivity contribution is -0.126. The van der Waals surface area contributed by atoms with Gasteiger partial charge in [-0.05, 0) is 45.7 Å². The number of hydrogen-bond donors (Lipinski definition) is 2. The van der Waals surface area contributed by atoms with E-state index in [1.165, 1.54) is 5.56 Å². The summed E-state index contributed by atoms with van der Waals surface area (Å²) >= 11 is 0. The van der Waals surface area contributed by atoms with E-state index in [4.69, 9.17) is 0 Å². The minimum Gasteiger partial charge on any atom is -0.351 e. The molecule has 3 heteroatoms. The second-order valence-corrected chi connectivity index (χ2v) is 6.01. The first-order valence-corrected chi connectivity index (χ1v) is 7.09. The first-order chi connectivity index (χ1) is 9.00. The molecule has 0 bridgehead atoms. The van der Waals surface area contributed by atoms with E-state index in [9.17, 15) is 4.79 Å². The predicted octanol–water partition coefficient (Wildman–Crippen LogP) is 2.14. The number of nitrogens with one attached hydrogen (secondary N) is 2. The van der Waals surface area contributed by atoms with Crippen LogP contribution in [0.1, 0.15) is 37.8 Å². The van der Waals surface area contributed by atoms with Gasteiger partial charge in [0, 0.05) is 12.6 Å². The average Bonchev–Trinajstić information content (AvgIpc) is 2.40. The fraction of sp³-hybridized carbons (Fsp3) is 0.562. The minimum atomic E-state index is -0.481. The van der Waals surface area contributed by atoms with Crippen LogP contribution in [-0.2, 0) is 10.2 Å². The Kier molecular flexibility index (Phi) is 4.25. The van der Waals surface area contributed by atoms with E-state index < -0.39 is 5.41 Å². The maximum absolute atomic E-state index is 12.5. The minimum absolute atomic E-state index is 0.116. The Morgan fingerprint density at radius 1 is 1.32 bits per heavy atom. The molecule has 1 aliphatic rings. The van der Waals surface area contributed by atoms with E-state index in [0.717, 1.165) is 31.5 Å². The third kappa shape index (κ3) is 3.35. The van der Waals surface area contributed by atoms with Gasteiger partial charge in [-0.25, -0.2) is 0 Å². The number of amides is 1. The molecule has 104 valence electrons. The van der Waals surface area contributed by atoms with Crippen molar-refractivity contribution in [2.45, 2.75) is 45.1 Å². The van der Waals surface area contributed by atoms with Gasteiger partial charge in [-0.3, -0.25) is 4.79 Å². The van der Waals surface area contributed by atoms with Crippen LogP contribution in [0.5, 0.6) is 0 Å². The molecule has 0 aromatic heterocycles. The SMILES string of the molecule is Cc1ccc(C(C)(C)C(=O)N[C@H]2CCCNC2)cc1. The highest BCUT2D eigenvalue weighted by Gasteiger charge is 2.31. The molecule has 0 radical (unpaired) electrons. The van der Waals surface area contributed by atoms with Crippen molar-refractivity contribution in [2.24, 2.45) is 0 Å². The zero-order valence-electron chi connectivity index (χ0n) is 12.1. The molecular weight excluding hydrogens is 236 g/mol. The van der Waals surface area contributed by atoms with Crippen LogP contribution in [0.15, 0.2) is 24.3 Å². The molecule has 1 fully saturated rings. The zero-order valence-corrected chi connectivity index (χ0v) is 12.1. The summed E-state index contributed by atoms with van der Waals surface area (Å²) in [6.07, 6.45) is 2.21. The van der Waals surface area contributed by atoms with E-state index in [1.807, 2.05) is 26.0 Å². The molecule has 1 aromatic rings. The lowest BCUT2D eigenvalue weighted by Crippen LogP contribution is -2.50. The number of carbonyl (C=O) groups is 1. The topological polar surface area (TPSA) is 41.1 Å². The Labute approximate surface area is 115 Å². The fourth-order valence-corrected chi connectivity index (χ4v) is 2.44. The maximum atomic E-state index is 12.5. The third-order valence-electron chi connectivity index (χ3n) is 3.97. The Bertz CT molecular complexity index is 431. The standard InChI is InChI=1S/C16H24N2O/c1-12-6-8-13(9-7-12)16(2,3)15(19)18-14-5-4-10-17-11-14/h6-9,14,17H,4-5,10-11H2,1-3H3,(H,18,19)/t14-/m0/s1. The van der Waals surface area contributed by atoms with E-state index in [1.54, 1.807) is 0 Å². The van der Waals surface area contributed by atoms with Crippen LogP contribution in [0.2, 0.25) is 0 Å². The first-order valence-electron chi connectivity index (χ1n) is 7.09. The summed E-state index contributed by atoms with van der Waals surface area (Å²) < 4.78 is 0. The zero-order chi connectivity index (χ0) is 13.9. The Morgan fingerprint density at radius 3 is 2.58 bits per heavy atom. The smallest absolute Gasteiger partial charge is 0.230 e. The van der Waals surface area contributed by atoms with Crippen LogP contribution in [0, 0.1) is 6.92 Å². The molecule has 0 spiro atoms. The highest BCUT2D eigenvalue weighted by molar-refractivity contribution is 5.87. The quantitative estimate of drug-likeness (QED) is 0.874. The van der Waals surface area contributed by atoms with Crippen LogP contribution in [0.25, 0.3) is 0 Å². The number of rotatable bonds is 3. The van der Waals surface area contributed by atoms with Gasteiger partial charge < -0.3 is 10.6 Å². The second-order valence-electron chi connectivity index (χ2n) is 6.01. The van der Waals surface area contributed by atoms with Gasteiger partial charge in [0.15, 0.2) is 0 Å². The second kappa shape index (κ2) is 5.74. The van der Waals surface area contributed by atoms with E-state index in [0.29, 0.717) is 0 Å². The normalized spacial score (nSPS) is 20.1. The van der Waals surface area contributed by atoms with E-state index >= 15 is 0 Å². The Morgan fingerprint density at radius 2 is 2.00 bits per heavy atom. The number of aryl methyl sites for hydroxylation is 1. The van der Waals surface area contributed by atoms with Crippen molar-refractivity contribution in [1.82, 2.24) is 10.6 Å². The molecule has 2 rings (SSSR count). The van der Waals surface area contributed by atoms with Gasteiger partial charge in [-0.2, -0.15) is 0 Å². The van der Waals surface area contributed by atoms with Crippen LogP contribution in [0.4, 0.5) is 0 Å². The molecule has 0 unspecified atom stereocenters. The summed E-state index contributed by atoms with van der Waals surface area (Å²) in [5, 5.41) is 6.49. The summed E-state index contributed by atoms with van der Waals surface area (Å²) in [6.45, 7) is 7.99. The molecule has 1 aromatic carbocycles. The monoisotopic (exact) mass is 260 g/mol. The summed E-state index contributed by atoms with van der Waals surface area (Å²) in [5.74, 6) is 0.116. The highest BCUT2D eigenvalue weighted by Crippen LogP contribution is 2.24. The van der Waals surface area contributed by atoms with Crippen molar-refractivity contribution in [2.75, 3.05) is 13.1 Å². The van der Waals surface area contributed by atoms with Crippen molar-refractivity contribution < 1.29 is 4.79 Å². The van der Waals surface area contributed by atoms with Gasteiger partial charge in [0.2, 0.25) is 5.91 Å². The predicted molar refractivity (Wildman–Crippen MR) is 78.2 cm³/mol. The summed E-state index contributed by atoms with van der Waals surface area (Å²) in [6, 6.07) is 8.49. The first kappa shape index (κ1) is 14.1. The van der Waals surface area contributed by atoms with E-state index in [-0.39, 0.29) is 11.9 Å². The van der Waals surface area contributed by atoms with Crippen LogP contribution in [-0.4, -0.2) is 25.0 Å². The molecule has 0 aliphatic carbocycles. The van der Waals surface area contributed by atoms with Gasteiger partial charge >= 0.3 is 0 Å². The van der Waals surface area contributed by atoms with Gasteiger partial charge in [-0.1, -0.05) is 29.8 Å². The molecule has 19 heavy (non-hydrogen) atoms. The fourth-order valence-electron chi connectivity index (χ4n) is 2.44. The molecule has 1 aliphatic heterocycles.